The molecule has 158 valence electrons. The van der Waals surface area contributed by atoms with E-state index in [-0.39, 0.29) is 25.5 Å². The molecular weight excluding hydrogens is 392 g/mol. The minimum atomic E-state index is -1.22. The number of urea groups is 1. The van der Waals surface area contributed by atoms with Crippen LogP contribution in [0.3, 0.4) is 0 Å². The van der Waals surface area contributed by atoms with Crippen LogP contribution in [0.1, 0.15) is 29.2 Å². The highest BCUT2D eigenvalue weighted by Gasteiger charge is 2.49. The number of nitriles is 1. The van der Waals surface area contributed by atoms with Gasteiger partial charge in [-0.05, 0) is 37.1 Å². The Bertz CT molecular complexity index is 1050. The molecule has 31 heavy (non-hydrogen) atoms. The van der Waals surface area contributed by atoms with Crippen LogP contribution < -0.4 is 5.32 Å². The molecule has 0 saturated carbocycles. The first-order valence-electron chi connectivity index (χ1n) is 9.87. The number of amides is 4. The molecule has 1 unspecified atom stereocenters. The van der Waals surface area contributed by atoms with Crippen molar-refractivity contribution in [3.05, 3.63) is 83.4 Å². The fourth-order valence-corrected chi connectivity index (χ4v) is 3.47. The predicted octanol–water partition coefficient (Wildman–Crippen LogP) is 2.85. The van der Waals surface area contributed by atoms with Gasteiger partial charge in [0, 0.05) is 13.1 Å². The van der Waals surface area contributed by atoms with E-state index in [0.29, 0.717) is 11.1 Å². The number of hydrogen-bond acceptors (Lipinski definition) is 4. The van der Waals surface area contributed by atoms with E-state index in [1.165, 1.54) is 4.90 Å². The van der Waals surface area contributed by atoms with E-state index in [4.69, 9.17) is 5.26 Å². The lowest BCUT2D eigenvalue weighted by Gasteiger charge is -2.25. The van der Waals surface area contributed by atoms with Crippen LogP contribution in [0.4, 0.5) is 4.79 Å². The zero-order valence-electron chi connectivity index (χ0n) is 17.6. The number of imide groups is 1. The average Bonchev–Trinajstić information content (AvgIpc) is 2.98. The van der Waals surface area contributed by atoms with Crippen molar-refractivity contribution in [3.8, 4) is 6.07 Å². The maximum Gasteiger partial charge on any atom is 0.325 e. The van der Waals surface area contributed by atoms with Gasteiger partial charge in [-0.25, -0.2) is 4.79 Å². The van der Waals surface area contributed by atoms with E-state index >= 15 is 0 Å². The summed E-state index contributed by atoms with van der Waals surface area (Å²) in [6, 6.07) is 15.7. The fraction of sp³-hybridized carbons (Fsp3) is 0.250. The van der Waals surface area contributed by atoms with Crippen LogP contribution in [-0.2, 0) is 21.7 Å². The average molecular weight is 416 g/mol. The molecule has 1 aliphatic heterocycles. The van der Waals surface area contributed by atoms with Gasteiger partial charge < -0.3 is 10.2 Å². The van der Waals surface area contributed by atoms with Crippen molar-refractivity contribution in [2.75, 3.05) is 13.1 Å². The fourth-order valence-electron chi connectivity index (χ4n) is 3.47. The monoisotopic (exact) mass is 416 g/mol. The Morgan fingerprint density at radius 1 is 1.19 bits per heavy atom. The quantitative estimate of drug-likeness (QED) is 0.555. The third kappa shape index (κ3) is 4.48. The van der Waals surface area contributed by atoms with Crippen LogP contribution in [0, 0.1) is 18.3 Å². The molecule has 2 aromatic rings. The Morgan fingerprint density at radius 3 is 2.42 bits per heavy atom. The highest BCUT2D eigenvalue weighted by molar-refractivity contribution is 6.09. The number of rotatable bonds is 7. The SMILES string of the molecule is C=CCN(Cc1ccc(C#N)cc1)C(=O)CN1C(=O)NC(C)(c2ccc(C)cc2)C1=O. The van der Waals surface area contributed by atoms with Gasteiger partial charge in [-0.1, -0.05) is 48.0 Å². The van der Waals surface area contributed by atoms with Gasteiger partial charge in [0.2, 0.25) is 5.91 Å². The summed E-state index contributed by atoms with van der Waals surface area (Å²) in [6.45, 7) is 7.43. The van der Waals surface area contributed by atoms with Gasteiger partial charge in [0.15, 0.2) is 0 Å². The Hall–Kier alpha value is -3.92. The van der Waals surface area contributed by atoms with Gasteiger partial charge in [-0.3, -0.25) is 14.5 Å². The summed E-state index contributed by atoms with van der Waals surface area (Å²) >= 11 is 0. The molecule has 0 aliphatic carbocycles. The van der Waals surface area contributed by atoms with Crippen molar-refractivity contribution >= 4 is 17.8 Å². The van der Waals surface area contributed by atoms with Gasteiger partial charge in [0.05, 0.1) is 11.6 Å². The molecule has 1 fully saturated rings. The molecule has 4 amide bonds. The Balaban J connectivity index is 1.75. The molecule has 0 bridgehead atoms. The van der Waals surface area contributed by atoms with E-state index < -0.39 is 17.5 Å². The van der Waals surface area contributed by atoms with Crippen LogP contribution in [-0.4, -0.2) is 40.7 Å². The van der Waals surface area contributed by atoms with Crippen molar-refractivity contribution in [1.82, 2.24) is 15.1 Å². The molecule has 1 N–H and O–H groups in total. The number of carbonyl (C=O) groups excluding carboxylic acids is 3. The summed E-state index contributed by atoms with van der Waals surface area (Å²) in [5.74, 6) is -0.840. The minimum Gasteiger partial charge on any atom is -0.333 e. The standard InChI is InChI=1S/C24H24N4O3/c1-4-13-27(15-19-9-7-18(14-25)8-10-19)21(29)16-28-22(30)24(3,26-23(28)31)20-11-5-17(2)6-12-20/h4-12H,1,13,15-16H2,2-3H3,(H,26,31). The largest absolute Gasteiger partial charge is 0.333 e. The van der Waals surface area contributed by atoms with Crippen molar-refractivity contribution in [1.29, 1.82) is 5.26 Å². The first kappa shape index (κ1) is 21.8. The van der Waals surface area contributed by atoms with Crippen LogP contribution in [0.5, 0.6) is 0 Å². The first-order valence-corrected chi connectivity index (χ1v) is 9.87. The lowest BCUT2D eigenvalue weighted by atomic mass is 9.91. The molecule has 0 radical (unpaired) electrons. The highest BCUT2D eigenvalue weighted by Crippen LogP contribution is 2.29. The Kier molecular flexibility index (Phi) is 6.21. The van der Waals surface area contributed by atoms with Crippen molar-refractivity contribution in [2.24, 2.45) is 0 Å². The molecule has 7 heteroatoms. The van der Waals surface area contributed by atoms with Gasteiger partial charge in [-0.2, -0.15) is 5.26 Å². The van der Waals surface area contributed by atoms with E-state index in [1.807, 2.05) is 19.1 Å². The molecular formula is C24H24N4O3. The van der Waals surface area contributed by atoms with Crippen molar-refractivity contribution in [2.45, 2.75) is 25.9 Å². The van der Waals surface area contributed by atoms with Gasteiger partial charge in [-0.15, -0.1) is 6.58 Å². The number of nitrogens with zero attached hydrogens (tertiary/aromatic N) is 3. The minimum absolute atomic E-state index is 0.262. The molecule has 0 spiro atoms. The van der Waals surface area contributed by atoms with Crippen LogP contribution in [0.2, 0.25) is 0 Å². The third-order valence-electron chi connectivity index (χ3n) is 5.36. The summed E-state index contributed by atoms with van der Waals surface area (Å²) in [4.78, 5) is 41.1. The normalized spacial score (nSPS) is 17.8. The van der Waals surface area contributed by atoms with Crippen LogP contribution in [0.25, 0.3) is 0 Å². The summed E-state index contributed by atoms with van der Waals surface area (Å²) < 4.78 is 0. The number of aryl methyl sites for hydroxylation is 1. The summed E-state index contributed by atoms with van der Waals surface area (Å²) in [5.41, 5.74) is 1.84. The van der Waals surface area contributed by atoms with E-state index in [1.54, 1.807) is 49.4 Å². The van der Waals surface area contributed by atoms with Gasteiger partial charge in [0.25, 0.3) is 5.91 Å². The maximum absolute atomic E-state index is 13.1. The second-order valence-electron chi connectivity index (χ2n) is 7.68. The molecule has 2 aromatic carbocycles. The maximum atomic E-state index is 13.1. The lowest BCUT2D eigenvalue weighted by molar-refractivity contribution is -0.139. The molecule has 0 aromatic heterocycles. The zero-order chi connectivity index (χ0) is 22.6. The van der Waals surface area contributed by atoms with E-state index in [2.05, 4.69) is 18.0 Å². The number of nitrogens with one attached hydrogen (secondary N) is 1. The van der Waals surface area contributed by atoms with Crippen molar-refractivity contribution < 1.29 is 14.4 Å². The highest BCUT2D eigenvalue weighted by atomic mass is 16.2. The van der Waals surface area contributed by atoms with Crippen LogP contribution >= 0.6 is 0 Å². The molecule has 1 atom stereocenters. The Labute approximate surface area is 181 Å². The summed E-state index contributed by atoms with van der Waals surface area (Å²) in [5, 5.41) is 11.6. The smallest absolute Gasteiger partial charge is 0.325 e. The molecule has 1 aliphatic rings. The Morgan fingerprint density at radius 2 is 1.84 bits per heavy atom. The number of benzene rings is 2. The van der Waals surface area contributed by atoms with E-state index in [0.717, 1.165) is 16.0 Å². The lowest BCUT2D eigenvalue weighted by Crippen LogP contribution is -2.44. The second kappa shape index (κ2) is 8.84. The van der Waals surface area contributed by atoms with Gasteiger partial charge >= 0.3 is 6.03 Å². The second-order valence-corrected chi connectivity index (χ2v) is 7.68. The van der Waals surface area contributed by atoms with Crippen LogP contribution in [0.15, 0.2) is 61.2 Å². The summed E-state index contributed by atoms with van der Waals surface area (Å²) in [6.07, 6.45) is 1.59. The van der Waals surface area contributed by atoms with E-state index in [9.17, 15) is 14.4 Å². The number of carbonyl (C=O) groups is 3. The molecule has 1 saturated heterocycles. The predicted molar refractivity (Wildman–Crippen MR) is 116 cm³/mol. The van der Waals surface area contributed by atoms with Crippen molar-refractivity contribution in [3.63, 3.8) is 0 Å². The summed E-state index contributed by atoms with van der Waals surface area (Å²) in [7, 11) is 0. The third-order valence-corrected chi connectivity index (χ3v) is 5.36. The van der Waals surface area contributed by atoms with Gasteiger partial charge in [0.1, 0.15) is 12.1 Å². The topological polar surface area (TPSA) is 93.5 Å². The molecule has 7 nitrogen and oxygen atoms in total. The molecule has 3 rings (SSSR count). The zero-order valence-corrected chi connectivity index (χ0v) is 17.6. The molecule has 1 heterocycles. The first-order chi connectivity index (χ1) is 14.8. The number of hydrogen-bond donors (Lipinski definition) is 1.